The molecule has 0 spiro atoms. The molecule has 0 radical (unpaired) electrons. The number of carbonyl (C=O) groups is 1. The molecule has 1 fully saturated rings. The van der Waals surface area contributed by atoms with Gasteiger partial charge >= 0.3 is 0 Å². The molecule has 5 heteroatoms. The van der Waals surface area contributed by atoms with Gasteiger partial charge in [-0.25, -0.2) is 4.68 Å². The normalized spacial score (nSPS) is 20.6. The lowest BCUT2D eigenvalue weighted by atomic mass is 9.92. The van der Waals surface area contributed by atoms with E-state index in [-0.39, 0.29) is 5.91 Å². The summed E-state index contributed by atoms with van der Waals surface area (Å²) in [5.74, 6) is 1.57. The van der Waals surface area contributed by atoms with Crippen LogP contribution in [-0.4, -0.2) is 46.8 Å². The number of aromatic nitrogens is 2. The van der Waals surface area contributed by atoms with Crippen molar-refractivity contribution in [3.8, 4) is 5.69 Å². The Labute approximate surface area is 162 Å². The molecule has 1 amide bonds. The average molecular weight is 369 g/mol. The summed E-state index contributed by atoms with van der Waals surface area (Å²) in [6.45, 7) is 12.6. The molecular weight excluding hydrogens is 336 g/mol. The topological polar surface area (TPSA) is 50.2 Å². The van der Waals surface area contributed by atoms with E-state index < -0.39 is 0 Å². The highest BCUT2D eigenvalue weighted by Crippen LogP contribution is 2.20. The van der Waals surface area contributed by atoms with E-state index in [0.29, 0.717) is 13.0 Å². The Morgan fingerprint density at radius 2 is 1.81 bits per heavy atom. The maximum absolute atomic E-state index is 12.5. The molecule has 0 saturated carbocycles. The molecule has 1 aliphatic rings. The number of hydrogen-bond donors (Lipinski definition) is 1. The van der Waals surface area contributed by atoms with Gasteiger partial charge in [-0.15, -0.1) is 0 Å². The SMILES string of the molecule is Cc1nn(-c2ccccc2)c(C)c1CC(=O)NCCN1C[C@H](C)C[C@@H](C)C1. The minimum atomic E-state index is 0.0759. The first-order valence-electron chi connectivity index (χ1n) is 10.0. The molecule has 27 heavy (non-hydrogen) atoms. The number of piperidine rings is 1. The molecule has 5 nitrogen and oxygen atoms in total. The lowest BCUT2D eigenvalue weighted by molar-refractivity contribution is -0.120. The monoisotopic (exact) mass is 368 g/mol. The molecule has 3 rings (SSSR count). The number of para-hydroxylation sites is 1. The van der Waals surface area contributed by atoms with Gasteiger partial charge in [-0.05, 0) is 44.2 Å². The van der Waals surface area contributed by atoms with Crippen LogP contribution in [0.15, 0.2) is 30.3 Å². The van der Waals surface area contributed by atoms with E-state index in [2.05, 4.69) is 29.2 Å². The third-order valence-electron chi connectivity index (χ3n) is 5.47. The molecule has 1 aliphatic heterocycles. The Morgan fingerprint density at radius 1 is 1.15 bits per heavy atom. The van der Waals surface area contributed by atoms with Crippen LogP contribution in [0.4, 0.5) is 0 Å². The van der Waals surface area contributed by atoms with Crippen LogP contribution in [0.5, 0.6) is 0 Å². The van der Waals surface area contributed by atoms with Crippen LogP contribution in [0.25, 0.3) is 5.69 Å². The lowest BCUT2D eigenvalue weighted by Gasteiger charge is -2.34. The molecule has 1 aromatic heterocycles. The second-order valence-corrected chi connectivity index (χ2v) is 8.13. The highest BCUT2D eigenvalue weighted by atomic mass is 16.1. The lowest BCUT2D eigenvalue weighted by Crippen LogP contribution is -2.43. The van der Waals surface area contributed by atoms with Crippen molar-refractivity contribution >= 4 is 5.91 Å². The summed E-state index contributed by atoms with van der Waals surface area (Å²) in [4.78, 5) is 14.9. The number of likely N-dealkylation sites (tertiary alicyclic amines) is 1. The summed E-state index contributed by atoms with van der Waals surface area (Å²) in [6, 6.07) is 10.1. The number of hydrogen-bond acceptors (Lipinski definition) is 3. The number of nitrogens with one attached hydrogen (secondary N) is 1. The Bertz CT molecular complexity index is 758. The standard InChI is InChI=1S/C22H32N4O/c1-16-12-17(2)15-25(14-16)11-10-23-22(27)13-21-18(3)24-26(19(21)4)20-8-6-5-7-9-20/h5-9,16-17H,10-15H2,1-4H3,(H,23,27)/t16-,17-/m1/s1. The van der Waals surface area contributed by atoms with Crippen LogP contribution in [0.3, 0.4) is 0 Å². The zero-order valence-corrected chi connectivity index (χ0v) is 17.0. The van der Waals surface area contributed by atoms with Crippen molar-refractivity contribution in [1.29, 1.82) is 0 Å². The summed E-state index contributed by atoms with van der Waals surface area (Å²) >= 11 is 0. The number of benzene rings is 1. The number of aryl methyl sites for hydroxylation is 1. The molecule has 2 heterocycles. The zero-order chi connectivity index (χ0) is 19.4. The van der Waals surface area contributed by atoms with Crippen LogP contribution in [-0.2, 0) is 11.2 Å². The van der Waals surface area contributed by atoms with Gasteiger partial charge in [0.15, 0.2) is 0 Å². The summed E-state index contributed by atoms with van der Waals surface area (Å²) < 4.78 is 1.93. The predicted octanol–water partition coefficient (Wildman–Crippen LogP) is 3.13. The fourth-order valence-electron chi connectivity index (χ4n) is 4.30. The number of amides is 1. The first-order chi connectivity index (χ1) is 12.9. The molecule has 0 unspecified atom stereocenters. The maximum Gasteiger partial charge on any atom is 0.224 e. The molecule has 0 bridgehead atoms. The van der Waals surface area contributed by atoms with Gasteiger partial charge in [0.25, 0.3) is 0 Å². The van der Waals surface area contributed by atoms with E-state index in [1.165, 1.54) is 6.42 Å². The number of nitrogens with zero attached hydrogens (tertiary/aromatic N) is 3. The van der Waals surface area contributed by atoms with Gasteiger partial charge in [0, 0.05) is 37.4 Å². The van der Waals surface area contributed by atoms with E-state index >= 15 is 0 Å². The predicted molar refractivity (Wildman–Crippen MR) is 109 cm³/mol. The number of rotatable bonds is 6. The van der Waals surface area contributed by atoms with Crippen molar-refractivity contribution < 1.29 is 4.79 Å². The van der Waals surface area contributed by atoms with Crippen LogP contribution in [0.2, 0.25) is 0 Å². The summed E-state index contributed by atoms with van der Waals surface area (Å²) in [6.07, 6.45) is 1.70. The molecule has 146 valence electrons. The van der Waals surface area contributed by atoms with Crippen LogP contribution in [0.1, 0.15) is 37.2 Å². The van der Waals surface area contributed by atoms with E-state index in [9.17, 15) is 4.79 Å². The highest BCUT2D eigenvalue weighted by molar-refractivity contribution is 5.79. The van der Waals surface area contributed by atoms with Gasteiger partial charge < -0.3 is 10.2 Å². The van der Waals surface area contributed by atoms with Crippen molar-refractivity contribution in [1.82, 2.24) is 20.0 Å². The Morgan fingerprint density at radius 3 is 2.48 bits per heavy atom. The molecule has 2 atom stereocenters. The number of carbonyl (C=O) groups excluding carboxylic acids is 1. The third-order valence-corrected chi connectivity index (χ3v) is 5.47. The van der Waals surface area contributed by atoms with Crippen molar-refractivity contribution in [2.24, 2.45) is 11.8 Å². The Kier molecular flexibility index (Phi) is 6.32. The van der Waals surface area contributed by atoms with Crippen molar-refractivity contribution in [3.05, 3.63) is 47.3 Å². The van der Waals surface area contributed by atoms with Gasteiger partial charge in [-0.2, -0.15) is 5.10 Å². The highest BCUT2D eigenvalue weighted by Gasteiger charge is 2.21. The Hall–Kier alpha value is -2.14. The van der Waals surface area contributed by atoms with E-state index in [1.807, 2.05) is 48.9 Å². The molecular formula is C22H32N4O. The molecule has 1 N–H and O–H groups in total. The molecule has 2 aromatic rings. The fourth-order valence-corrected chi connectivity index (χ4v) is 4.30. The smallest absolute Gasteiger partial charge is 0.224 e. The fraction of sp³-hybridized carbons (Fsp3) is 0.545. The minimum absolute atomic E-state index is 0.0759. The molecule has 1 aromatic carbocycles. The summed E-state index contributed by atoms with van der Waals surface area (Å²) in [5.41, 5.74) is 4.01. The zero-order valence-electron chi connectivity index (χ0n) is 17.0. The van der Waals surface area contributed by atoms with Crippen LogP contribution in [0, 0.1) is 25.7 Å². The van der Waals surface area contributed by atoms with Gasteiger partial charge in [0.2, 0.25) is 5.91 Å². The average Bonchev–Trinajstić information content (AvgIpc) is 2.90. The third kappa shape index (κ3) is 4.98. The van der Waals surface area contributed by atoms with E-state index in [1.54, 1.807) is 0 Å². The molecule has 1 saturated heterocycles. The van der Waals surface area contributed by atoms with Gasteiger partial charge in [0.05, 0.1) is 17.8 Å². The van der Waals surface area contributed by atoms with Crippen LogP contribution < -0.4 is 5.32 Å². The second kappa shape index (κ2) is 8.70. The minimum Gasteiger partial charge on any atom is -0.355 e. The van der Waals surface area contributed by atoms with Crippen molar-refractivity contribution in [2.45, 2.75) is 40.5 Å². The maximum atomic E-state index is 12.5. The second-order valence-electron chi connectivity index (χ2n) is 8.13. The van der Waals surface area contributed by atoms with Gasteiger partial charge in [-0.1, -0.05) is 32.0 Å². The summed E-state index contributed by atoms with van der Waals surface area (Å²) in [5, 5.41) is 7.73. The van der Waals surface area contributed by atoms with Gasteiger partial charge in [0.1, 0.15) is 0 Å². The quantitative estimate of drug-likeness (QED) is 0.852. The largest absolute Gasteiger partial charge is 0.355 e. The van der Waals surface area contributed by atoms with Crippen molar-refractivity contribution in [3.63, 3.8) is 0 Å². The van der Waals surface area contributed by atoms with Crippen LogP contribution >= 0.6 is 0 Å². The molecule has 0 aliphatic carbocycles. The van der Waals surface area contributed by atoms with Gasteiger partial charge in [-0.3, -0.25) is 4.79 Å². The van der Waals surface area contributed by atoms with E-state index in [4.69, 9.17) is 0 Å². The summed E-state index contributed by atoms with van der Waals surface area (Å²) in [7, 11) is 0. The first-order valence-corrected chi connectivity index (χ1v) is 10.0. The Balaban J connectivity index is 1.55. The van der Waals surface area contributed by atoms with Crippen molar-refractivity contribution in [2.75, 3.05) is 26.2 Å². The first kappa shape index (κ1) is 19.6. The van der Waals surface area contributed by atoms with E-state index in [0.717, 1.165) is 54.1 Å².